The molecule has 0 bridgehead atoms. The molecule has 0 saturated heterocycles. The molecule has 0 aromatic heterocycles. The highest BCUT2D eigenvalue weighted by atomic mass is 17.5. The van der Waals surface area contributed by atoms with Crippen molar-refractivity contribution in [2.24, 2.45) is 5.16 Å². The van der Waals surface area contributed by atoms with Gasteiger partial charge in [0.25, 0.3) is 0 Å². The normalized spacial score (nSPS) is 11.2. The molecule has 1 rings (SSSR count). The van der Waals surface area contributed by atoms with E-state index in [1.165, 1.54) is 6.92 Å². The molecule has 0 atom stereocenters. The molecule has 0 spiro atoms. The van der Waals surface area contributed by atoms with Gasteiger partial charge in [-0.2, -0.15) is 9.88 Å². The number of hydrogen-bond acceptors (Lipinski definition) is 5. The zero-order valence-corrected chi connectivity index (χ0v) is 9.17. The molecule has 0 aliphatic heterocycles. The summed E-state index contributed by atoms with van der Waals surface area (Å²) in [6, 6.07) is 8.78. The number of nitrogens with zero attached hydrogens (tertiary/aromatic N) is 1. The fourth-order valence-electron chi connectivity index (χ4n) is 0.981. The van der Waals surface area contributed by atoms with Crippen LogP contribution in [0.15, 0.2) is 35.5 Å². The number of carbonyl (C=O) groups excluding carboxylic acids is 1. The summed E-state index contributed by atoms with van der Waals surface area (Å²) in [6.07, 6.45) is 0. The van der Waals surface area contributed by atoms with Gasteiger partial charge in [0.2, 0.25) is 5.78 Å². The summed E-state index contributed by atoms with van der Waals surface area (Å²) >= 11 is 0. The highest BCUT2D eigenvalue weighted by molar-refractivity contribution is 6.45. The number of rotatable bonds is 6. The number of benzene rings is 1. The molecular formula is C11H13NO4. The molecule has 5 heteroatoms. The Bertz CT molecular complexity index is 362. The third-order valence-electron chi connectivity index (χ3n) is 1.74. The van der Waals surface area contributed by atoms with E-state index in [0.29, 0.717) is 12.2 Å². The third-order valence-corrected chi connectivity index (χ3v) is 1.74. The van der Waals surface area contributed by atoms with Crippen molar-refractivity contribution < 1.29 is 19.7 Å². The summed E-state index contributed by atoms with van der Waals surface area (Å²) in [5.74, 6) is -0.222. The number of ketones is 1. The lowest BCUT2D eigenvalue weighted by atomic mass is 10.1. The number of hydrogen-bond donors (Lipinski definition) is 0. The van der Waals surface area contributed by atoms with Crippen LogP contribution in [0.5, 0.6) is 0 Å². The first-order valence-corrected chi connectivity index (χ1v) is 4.85. The van der Waals surface area contributed by atoms with Gasteiger partial charge < -0.3 is 0 Å². The molecule has 0 unspecified atom stereocenters. The third kappa shape index (κ3) is 3.80. The van der Waals surface area contributed by atoms with Gasteiger partial charge in [-0.25, -0.2) is 0 Å². The van der Waals surface area contributed by atoms with Crippen molar-refractivity contribution in [3.05, 3.63) is 35.9 Å². The zero-order chi connectivity index (χ0) is 11.8. The van der Waals surface area contributed by atoms with Crippen LogP contribution in [0.2, 0.25) is 0 Å². The van der Waals surface area contributed by atoms with Crippen molar-refractivity contribution in [1.29, 1.82) is 0 Å². The van der Waals surface area contributed by atoms with Crippen molar-refractivity contribution in [3.8, 4) is 0 Å². The Kier molecular flexibility index (Phi) is 5.18. The molecule has 5 nitrogen and oxygen atoms in total. The van der Waals surface area contributed by atoms with E-state index in [1.807, 2.05) is 6.07 Å². The number of carbonyl (C=O) groups is 1. The maximum absolute atomic E-state index is 11.7. The van der Waals surface area contributed by atoms with Crippen LogP contribution < -0.4 is 0 Å². The Morgan fingerprint density at radius 3 is 2.62 bits per heavy atom. The molecule has 1 aromatic carbocycles. The molecule has 0 amide bonds. The molecule has 16 heavy (non-hydrogen) atoms. The summed E-state index contributed by atoms with van der Waals surface area (Å²) < 4.78 is 0. The zero-order valence-electron chi connectivity index (χ0n) is 9.17. The van der Waals surface area contributed by atoms with E-state index in [-0.39, 0.29) is 11.5 Å². The predicted molar refractivity (Wildman–Crippen MR) is 57.7 cm³/mol. The lowest BCUT2D eigenvalue weighted by Crippen LogP contribution is -2.11. The van der Waals surface area contributed by atoms with Crippen molar-refractivity contribution in [3.63, 3.8) is 0 Å². The Morgan fingerprint density at radius 2 is 2.00 bits per heavy atom. The van der Waals surface area contributed by atoms with Crippen LogP contribution in [0.25, 0.3) is 0 Å². The first-order valence-electron chi connectivity index (χ1n) is 4.85. The Balaban J connectivity index is 2.54. The minimum atomic E-state index is -0.222. The molecule has 0 radical (unpaired) electrons. The van der Waals surface area contributed by atoms with Crippen LogP contribution in [0.3, 0.4) is 0 Å². The standard InChI is InChI=1S/C11H13NO4/c1-3-14-16-15-12-9(2)11(13)10-7-5-4-6-8-10/h4-8H,3H2,1-2H3. The summed E-state index contributed by atoms with van der Waals surface area (Å²) in [6.45, 7) is 3.60. The Hall–Kier alpha value is -1.72. The molecule has 0 aliphatic carbocycles. The SMILES string of the molecule is CCOOON=C(C)C(=O)c1ccccc1. The Morgan fingerprint density at radius 1 is 1.31 bits per heavy atom. The molecule has 0 saturated carbocycles. The average Bonchev–Trinajstić information content (AvgIpc) is 2.34. The molecule has 0 heterocycles. The maximum Gasteiger partial charge on any atom is 0.210 e. The quantitative estimate of drug-likeness (QED) is 0.244. The van der Waals surface area contributed by atoms with Gasteiger partial charge in [-0.3, -0.25) is 4.79 Å². The van der Waals surface area contributed by atoms with Gasteiger partial charge >= 0.3 is 0 Å². The lowest BCUT2D eigenvalue weighted by Gasteiger charge is -1.99. The van der Waals surface area contributed by atoms with Gasteiger partial charge in [-0.1, -0.05) is 30.3 Å². The van der Waals surface area contributed by atoms with Gasteiger partial charge in [0.1, 0.15) is 5.71 Å². The second kappa shape index (κ2) is 6.71. The number of Topliss-reactive ketones (excluding diaryl/α,β-unsaturated/α-hetero) is 1. The highest BCUT2D eigenvalue weighted by Crippen LogP contribution is 2.01. The maximum atomic E-state index is 11.7. The summed E-state index contributed by atoms with van der Waals surface area (Å²) in [7, 11) is 0. The summed E-state index contributed by atoms with van der Waals surface area (Å²) in [5, 5.41) is 7.66. The van der Waals surface area contributed by atoms with E-state index in [0.717, 1.165) is 0 Å². The minimum Gasteiger partial charge on any atom is -0.287 e. The molecular weight excluding hydrogens is 210 g/mol. The van der Waals surface area contributed by atoms with Gasteiger partial charge in [0.05, 0.1) is 6.61 Å². The van der Waals surface area contributed by atoms with Crippen LogP contribution in [0, 0.1) is 0 Å². The molecule has 0 fully saturated rings. The monoisotopic (exact) mass is 223 g/mol. The molecule has 0 N–H and O–H groups in total. The fourth-order valence-corrected chi connectivity index (χ4v) is 0.981. The second-order valence-electron chi connectivity index (χ2n) is 2.92. The molecule has 1 aromatic rings. The smallest absolute Gasteiger partial charge is 0.210 e. The van der Waals surface area contributed by atoms with Crippen molar-refractivity contribution in [2.75, 3.05) is 6.61 Å². The average molecular weight is 223 g/mol. The molecule has 0 aliphatic rings. The number of oxime groups is 1. The summed E-state index contributed by atoms with van der Waals surface area (Å²) in [4.78, 5) is 20.5. The van der Waals surface area contributed by atoms with Gasteiger partial charge in [-0.15, -0.1) is 0 Å². The van der Waals surface area contributed by atoms with Crippen LogP contribution in [0.4, 0.5) is 0 Å². The lowest BCUT2D eigenvalue weighted by molar-refractivity contribution is -0.512. The van der Waals surface area contributed by atoms with Gasteiger partial charge in [0, 0.05) is 10.6 Å². The highest BCUT2D eigenvalue weighted by Gasteiger charge is 2.09. The fraction of sp³-hybridized carbons (Fsp3) is 0.273. The van der Waals surface area contributed by atoms with Gasteiger partial charge in [-0.05, 0) is 19.0 Å². The van der Waals surface area contributed by atoms with E-state index in [4.69, 9.17) is 0 Å². The van der Waals surface area contributed by atoms with Crippen molar-refractivity contribution in [1.82, 2.24) is 0 Å². The van der Waals surface area contributed by atoms with Crippen molar-refractivity contribution in [2.45, 2.75) is 13.8 Å². The van der Waals surface area contributed by atoms with E-state index >= 15 is 0 Å². The first-order chi connectivity index (χ1) is 7.75. The van der Waals surface area contributed by atoms with Gasteiger partial charge in [0.15, 0.2) is 0 Å². The van der Waals surface area contributed by atoms with E-state index in [2.05, 4.69) is 20.1 Å². The largest absolute Gasteiger partial charge is 0.287 e. The Labute approximate surface area is 93.5 Å². The minimum absolute atomic E-state index is 0.186. The van der Waals surface area contributed by atoms with Crippen LogP contribution >= 0.6 is 0 Å². The first kappa shape index (κ1) is 12.4. The predicted octanol–water partition coefficient (Wildman–Crippen LogP) is 2.14. The topological polar surface area (TPSA) is 57.1 Å². The van der Waals surface area contributed by atoms with Crippen LogP contribution in [-0.4, -0.2) is 18.1 Å². The van der Waals surface area contributed by atoms with Crippen molar-refractivity contribution >= 4 is 11.5 Å². The molecule has 86 valence electrons. The van der Waals surface area contributed by atoms with Crippen LogP contribution in [0.1, 0.15) is 24.2 Å². The second-order valence-corrected chi connectivity index (χ2v) is 2.92. The van der Waals surface area contributed by atoms with E-state index < -0.39 is 0 Å². The van der Waals surface area contributed by atoms with E-state index in [1.54, 1.807) is 31.2 Å². The van der Waals surface area contributed by atoms with E-state index in [9.17, 15) is 4.79 Å². The summed E-state index contributed by atoms with van der Waals surface area (Å²) in [5.41, 5.74) is 0.731. The van der Waals surface area contributed by atoms with Crippen LogP contribution in [-0.2, 0) is 14.9 Å².